The summed E-state index contributed by atoms with van der Waals surface area (Å²) in [4.78, 5) is 12.3. The number of methoxy groups -OCH3 is 1. The highest BCUT2D eigenvalue weighted by molar-refractivity contribution is 7.89. The quantitative estimate of drug-likeness (QED) is 0.752. The molecule has 0 saturated heterocycles. The van der Waals surface area contributed by atoms with Gasteiger partial charge in [-0.2, -0.15) is 4.72 Å². The molecule has 26 heavy (non-hydrogen) atoms. The van der Waals surface area contributed by atoms with Gasteiger partial charge in [-0.15, -0.1) is 0 Å². The van der Waals surface area contributed by atoms with E-state index in [0.29, 0.717) is 16.5 Å². The lowest BCUT2D eigenvalue weighted by molar-refractivity contribution is -0.117. The van der Waals surface area contributed by atoms with E-state index in [9.17, 15) is 13.2 Å². The van der Waals surface area contributed by atoms with Crippen LogP contribution in [0.2, 0.25) is 10.0 Å². The third kappa shape index (κ3) is 4.88. The zero-order valence-electron chi connectivity index (χ0n) is 14.3. The second kappa shape index (κ2) is 8.26. The minimum absolute atomic E-state index is 0.0677. The van der Waals surface area contributed by atoms with E-state index < -0.39 is 22.0 Å². The number of carbonyl (C=O) groups is 1. The minimum atomic E-state index is -3.94. The van der Waals surface area contributed by atoms with Gasteiger partial charge in [0.2, 0.25) is 15.9 Å². The Bertz CT molecular complexity index is 932. The maximum Gasteiger partial charge on any atom is 0.242 e. The van der Waals surface area contributed by atoms with E-state index in [4.69, 9.17) is 27.9 Å². The van der Waals surface area contributed by atoms with Crippen molar-refractivity contribution in [2.75, 3.05) is 12.4 Å². The summed E-state index contributed by atoms with van der Waals surface area (Å²) in [6.07, 6.45) is 0. The zero-order chi connectivity index (χ0) is 19.5. The molecule has 0 aliphatic carbocycles. The summed E-state index contributed by atoms with van der Waals surface area (Å²) in [6, 6.07) is 8.08. The molecule has 0 aromatic heterocycles. The molecule has 2 N–H and O–H groups in total. The standard InChI is InChI=1S/C17H18Cl2N2O4S/c1-10-4-5-12(18)8-15(10)20-17(22)11(2)21-26(23,24)13-6-7-16(25-3)14(19)9-13/h4-9,11,21H,1-3H3,(H,20,22)/t11-/m1/s1. The Morgan fingerprint density at radius 3 is 2.46 bits per heavy atom. The third-order valence-corrected chi connectivity index (χ3v) is 5.69. The normalized spacial score (nSPS) is 12.5. The molecule has 0 spiro atoms. The summed E-state index contributed by atoms with van der Waals surface area (Å²) in [5.41, 5.74) is 1.32. The van der Waals surface area contributed by atoms with E-state index in [2.05, 4.69) is 10.0 Å². The van der Waals surface area contributed by atoms with Crippen LogP contribution in [0.15, 0.2) is 41.3 Å². The average molecular weight is 417 g/mol. The van der Waals surface area contributed by atoms with Crippen LogP contribution in [-0.4, -0.2) is 27.5 Å². The molecule has 2 aromatic rings. The predicted octanol–water partition coefficient (Wildman–Crippen LogP) is 3.62. The van der Waals surface area contributed by atoms with Gasteiger partial charge in [0.1, 0.15) is 5.75 Å². The van der Waals surface area contributed by atoms with E-state index >= 15 is 0 Å². The molecule has 0 aliphatic rings. The topological polar surface area (TPSA) is 84.5 Å². The van der Waals surface area contributed by atoms with Gasteiger partial charge in [0.05, 0.1) is 23.1 Å². The summed E-state index contributed by atoms with van der Waals surface area (Å²) in [5.74, 6) is -0.161. The monoisotopic (exact) mass is 416 g/mol. The van der Waals surface area contributed by atoms with Crippen molar-refractivity contribution in [2.45, 2.75) is 24.8 Å². The SMILES string of the molecule is COc1ccc(S(=O)(=O)N[C@H](C)C(=O)Nc2cc(Cl)ccc2C)cc1Cl. The fourth-order valence-electron chi connectivity index (χ4n) is 2.14. The molecule has 0 aliphatic heterocycles. The van der Waals surface area contributed by atoms with Gasteiger partial charge in [-0.25, -0.2) is 8.42 Å². The van der Waals surface area contributed by atoms with Gasteiger partial charge in [-0.05, 0) is 49.7 Å². The number of hydrogen-bond donors (Lipinski definition) is 2. The maximum absolute atomic E-state index is 12.5. The molecule has 2 aromatic carbocycles. The van der Waals surface area contributed by atoms with Crippen LogP contribution in [0.25, 0.3) is 0 Å². The van der Waals surface area contributed by atoms with Crippen molar-refractivity contribution in [3.05, 3.63) is 52.0 Å². The summed E-state index contributed by atoms with van der Waals surface area (Å²) in [6.45, 7) is 3.25. The van der Waals surface area contributed by atoms with Crippen LogP contribution in [0.3, 0.4) is 0 Å². The highest BCUT2D eigenvalue weighted by Crippen LogP contribution is 2.27. The number of hydrogen-bond acceptors (Lipinski definition) is 4. The Balaban J connectivity index is 2.14. The second-order valence-corrected chi connectivity index (χ2v) is 8.15. The van der Waals surface area contributed by atoms with Crippen LogP contribution in [-0.2, 0) is 14.8 Å². The van der Waals surface area contributed by atoms with Gasteiger partial charge < -0.3 is 10.1 Å². The molecular formula is C17H18Cl2N2O4S. The molecule has 9 heteroatoms. The minimum Gasteiger partial charge on any atom is -0.495 e. The first kappa shape index (κ1) is 20.5. The largest absolute Gasteiger partial charge is 0.495 e. The van der Waals surface area contributed by atoms with Crippen molar-refractivity contribution in [3.63, 3.8) is 0 Å². The predicted molar refractivity (Wildman–Crippen MR) is 103 cm³/mol. The number of sulfonamides is 1. The molecule has 0 heterocycles. The molecule has 0 fully saturated rings. The molecule has 140 valence electrons. The number of rotatable bonds is 6. The summed E-state index contributed by atoms with van der Waals surface area (Å²) >= 11 is 11.9. The molecule has 0 unspecified atom stereocenters. The van der Waals surface area contributed by atoms with Gasteiger partial charge in [0.15, 0.2) is 0 Å². The number of aryl methyl sites for hydroxylation is 1. The van der Waals surface area contributed by atoms with Crippen LogP contribution in [0, 0.1) is 6.92 Å². The van der Waals surface area contributed by atoms with E-state index in [1.165, 1.54) is 32.2 Å². The van der Waals surface area contributed by atoms with Crippen LogP contribution in [0.4, 0.5) is 5.69 Å². The lowest BCUT2D eigenvalue weighted by Gasteiger charge is -2.16. The Morgan fingerprint density at radius 1 is 1.15 bits per heavy atom. The van der Waals surface area contributed by atoms with E-state index in [1.807, 2.05) is 0 Å². The Hall–Kier alpha value is -1.80. The van der Waals surface area contributed by atoms with E-state index in [-0.39, 0.29) is 9.92 Å². The molecule has 1 atom stereocenters. The van der Waals surface area contributed by atoms with Gasteiger partial charge in [-0.3, -0.25) is 4.79 Å². The molecule has 0 bridgehead atoms. The lowest BCUT2D eigenvalue weighted by atomic mass is 10.2. The first-order chi connectivity index (χ1) is 12.1. The number of amides is 1. The van der Waals surface area contributed by atoms with Crippen molar-refractivity contribution in [1.29, 1.82) is 0 Å². The number of ether oxygens (including phenoxy) is 1. The van der Waals surface area contributed by atoms with E-state index in [0.717, 1.165) is 5.56 Å². The third-order valence-electron chi connectivity index (χ3n) is 3.62. The molecule has 1 amide bonds. The second-order valence-electron chi connectivity index (χ2n) is 5.59. The van der Waals surface area contributed by atoms with Crippen molar-refractivity contribution in [3.8, 4) is 5.75 Å². The number of carbonyl (C=O) groups excluding carboxylic acids is 1. The van der Waals surface area contributed by atoms with Crippen molar-refractivity contribution >= 4 is 44.8 Å². The first-order valence-corrected chi connectivity index (χ1v) is 9.81. The number of nitrogens with one attached hydrogen (secondary N) is 2. The van der Waals surface area contributed by atoms with Gasteiger partial charge in [-0.1, -0.05) is 29.3 Å². The van der Waals surface area contributed by atoms with Crippen LogP contribution in [0.5, 0.6) is 5.75 Å². The van der Waals surface area contributed by atoms with Gasteiger partial charge in [0.25, 0.3) is 0 Å². The number of anilines is 1. The molecular weight excluding hydrogens is 399 g/mol. The van der Waals surface area contributed by atoms with Crippen molar-refractivity contribution < 1.29 is 17.9 Å². The number of benzene rings is 2. The maximum atomic E-state index is 12.5. The van der Waals surface area contributed by atoms with Crippen LogP contribution >= 0.6 is 23.2 Å². The van der Waals surface area contributed by atoms with E-state index in [1.54, 1.807) is 25.1 Å². The van der Waals surface area contributed by atoms with Gasteiger partial charge in [0, 0.05) is 10.7 Å². The fourth-order valence-corrected chi connectivity index (χ4v) is 3.86. The molecule has 0 radical (unpaired) electrons. The smallest absolute Gasteiger partial charge is 0.242 e. The molecule has 6 nitrogen and oxygen atoms in total. The molecule has 2 rings (SSSR count). The first-order valence-electron chi connectivity index (χ1n) is 7.57. The zero-order valence-corrected chi connectivity index (χ0v) is 16.7. The fraction of sp³-hybridized carbons (Fsp3) is 0.235. The van der Waals surface area contributed by atoms with Crippen LogP contribution < -0.4 is 14.8 Å². The Labute approximate surface area is 162 Å². The Morgan fingerprint density at radius 2 is 1.85 bits per heavy atom. The number of halogens is 2. The summed E-state index contributed by atoms with van der Waals surface area (Å²) in [7, 11) is -2.51. The highest BCUT2D eigenvalue weighted by atomic mass is 35.5. The average Bonchev–Trinajstić information content (AvgIpc) is 2.57. The molecule has 0 saturated carbocycles. The summed E-state index contributed by atoms with van der Waals surface area (Å²) in [5, 5.41) is 3.28. The van der Waals surface area contributed by atoms with Crippen molar-refractivity contribution in [1.82, 2.24) is 4.72 Å². The lowest BCUT2D eigenvalue weighted by Crippen LogP contribution is -2.41. The Kier molecular flexibility index (Phi) is 6.52. The van der Waals surface area contributed by atoms with Crippen molar-refractivity contribution in [2.24, 2.45) is 0 Å². The summed E-state index contributed by atoms with van der Waals surface area (Å²) < 4.78 is 32.2. The van der Waals surface area contributed by atoms with Crippen LogP contribution in [0.1, 0.15) is 12.5 Å². The van der Waals surface area contributed by atoms with Gasteiger partial charge >= 0.3 is 0 Å². The highest BCUT2D eigenvalue weighted by Gasteiger charge is 2.23.